The Kier molecular flexibility index (Phi) is 5.45. The number of nitrogens with zero attached hydrogens (tertiary/aromatic N) is 2. The van der Waals surface area contributed by atoms with E-state index in [1.165, 1.54) is 17.5 Å². The Balaban J connectivity index is 1.40. The maximum Gasteiger partial charge on any atom is 0.271 e. The van der Waals surface area contributed by atoms with Gasteiger partial charge in [0.05, 0.1) is 12.6 Å². The van der Waals surface area contributed by atoms with Crippen LogP contribution in [0.15, 0.2) is 29.4 Å². The van der Waals surface area contributed by atoms with Crippen LogP contribution in [0.5, 0.6) is 0 Å². The highest BCUT2D eigenvalue weighted by molar-refractivity contribution is 6.39. The van der Waals surface area contributed by atoms with Crippen molar-refractivity contribution in [2.45, 2.75) is 57.2 Å². The summed E-state index contributed by atoms with van der Waals surface area (Å²) in [7, 11) is 0. The minimum absolute atomic E-state index is 0.0367. The summed E-state index contributed by atoms with van der Waals surface area (Å²) >= 11 is 0. The maximum absolute atomic E-state index is 12.8. The van der Waals surface area contributed by atoms with Gasteiger partial charge in [-0.25, -0.2) is 0 Å². The highest BCUT2D eigenvalue weighted by Gasteiger charge is 2.50. The molecule has 0 saturated carbocycles. The Morgan fingerprint density at radius 2 is 2.19 bits per heavy atom. The maximum atomic E-state index is 12.8. The van der Waals surface area contributed by atoms with E-state index in [-0.39, 0.29) is 11.9 Å². The summed E-state index contributed by atoms with van der Waals surface area (Å²) in [6.45, 7) is 5.70. The fourth-order valence-electron chi connectivity index (χ4n) is 4.31. The lowest BCUT2D eigenvalue weighted by Gasteiger charge is -2.39. The molecule has 0 aliphatic carbocycles. The van der Waals surface area contributed by atoms with Gasteiger partial charge in [-0.3, -0.25) is 4.79 Å². The van der Waals surface area contributed by atoms with Crippen LogP contribution in [0.2, 0.25) is 0 Å². The molecular formula is C21H29N3O3. The molecule has 1 aromatic rings. The Morgan fingerprint density at radius 1 is 1.33 bits per heavy atom. The Hall–Kier alpha value is -1.92. The molecule has 146 valence electrons. The van der Waals surface area contributed by atoms with E-state index < -0.39 is 5.60 Å². The second-order valence-corrected chi connectivity index (χ2v) is 7.99. The summed E-state index contributed by atoms with van der Waals surface area (Å²) in [4.78, 5) is 20.6. The van der Waals surface area contributed by atoms with Gasteiger partial charge in [0.15, 0.2) is 5.60 Å². The first-order valence-electron chi connectivity index (χ1n) is 10.1. The second-order valence-electron chi connectivity index (χ2n) is 7.99. The molecule has 3 aliphatic rings. The molecule has 27 heavy (non-hydrogen) atoms. The summed E-state index contributed by atoms with van der Waals surface area (Å²) in [5.74, 6) is 0.0367. The number of rotatable bonds is 4. The highest BCUT2D eigenvalue weighted by atomic mass is 16.7. The molecule has 6 heteroatoms. The molecule has 1 amide bonds. The summed E-state index contributed by atoms with van der Waals surface area (Å²) < 4.78 is 5.72. The minimum atomic E-state index is -0.567. The molecule has 2 atom stereocenters. The Labute approximate surface area is 160 Å². The Bertz CT molecular complexity index is 714. The number of carbonyl (C=O) groups excluding carboxylic acids is 1. The molecule has 0 bridgehead atoms. The van der Waals surface area contributed by atoms with Crippen LogP contribution in [-0.4, -0.2) is 54.5 Å². The van der Waals surface area contributed by atoms with Crippen molar-refractivity contribution in [2.24, 2.45) is 5.16 Å². The van der Waals surface area contributed by atoms with Crippen LogP contribution in [0.25, 0.3) is 0 Å². The summed E-state index contributed by atoms with van der Waals surface area (Å²) in [6.07, 6.45) is 4.74. The Morgan fingerprint density at radius 3 is 3.00 bits per heavy atom. The third kappa shape index (κ3) is 4.01. The van der Waals surface area contributed by atoms with E-state index in [0.717, 1.165) is 38.9 Å². The molecule has 0 unspecified atom stereocenters. The monoisotopic (exact) mass is 371 g/mol. The van der Waals surface area contributed by atoms with Gasteiger partial charge in [0.25, 0.3) is 5.91 Å². The number of benzene rings is 1. The van der Waals surface area contributed by atoms with E-state index in [1.54, 1.807) is 0 Å². The van der Waals surface area contributed by atoms with E-state index >= 15 is 0 Å². The van der Waals surface area contributed by atoms with Crippen LogP contribution < -0.4 is 5.32 Å². The lowest BCUT2D eigenvalue weighted by molar-refractivity contribution is -0.131. The van der Waals surface area contributed by atoms with Crippen molar-refractivity contribution in [3.8, 4) is 0 Å². The molecule has 1 N–H and O–H groups in total. The quantitative estimate of drug-likeness (QED) is 0.883. The SMILES string of the molecule is Cc1cccc(CN[C@@H]2CCOC[C@]23CC(C(=O)N2CCCCC2)=NO3)c1. The third-order valence-corrected chi connectivity index (χ3v) is 5.86. The van der Waals surface area contributed by atoms with Crippen LogP contribution in [0.3, 0.4) is 0 Å². The number of hydrogen-bond donors (Lipinski definition) is 1. The average molecular weight is 371 g/mol. The molecule has 3 aliphatic heterocycles. The summed E-state index contributed by atoms with van der Waals surface area (Å²) in [6, 6.07) is 8.62. The molecule has 1 aromatic carbocycles. The zero-order chi connectivity index (χ0) is 18.7. The van der Waals surface area contributed by atoms with Crippen molar-refractivity contribution in [2.75, 3.05) is 26.3 Å². The number of likely N-dealkylation sites (tertiary alicyclic amines) is 1. The fourth-order valence-corrected chi connectivity index (χ4v) is 4.31. The first kappa shape index (κ1) is 18.4. The molecule has 1 spiro atoms. The van der Waals surface area contributed by atoms with Gasteiger partial charge in [-0.15, -0.1) is 0 Å². The van der Waals surface area contributed by atoms with Gasteiger partial charge in [-0.1, -0.05) is 35.0 Å². The average Bonchev–Trinajstić information content (AvgIpc) is 3.12. The number of oxime groups is 1. The normalized spacial score (nSPS) is 28.1. The van der Waals surface area contributed by atoms with E-state index in [9.17, 15) is 4.79 Å². The van der Waals surface area contributed by atoms with E-state index in [4.69, 9.17) is 9.57 Å². The van der Waals surface area contributed by atoms with Crippen molar-refractivity contribution in [1.29, 1.82) is 0 Å². The predicted octanol–water partition coefficient (Wildman–Crippen LogP) is 2.40. The number of nitrogens with one attached hydrogen (secondary N) is 1. The molecule has 0 radical (unpaired) electrons. The number of amides is 1. The first-order chi connectivity index (χ1) is 13.2. The van der Waals surface area contributed by atoms with E-state index in [2.05, 4.69) is 41.7 Å². The number of ether oxygens (including phenoxy) is 1. The number of aryl methyl sites for hydroxylation is 1. The van der Waals surface area contributed by atoms with E-state index in [0.29, 0.717) is 25.3 Å². The number of piperidine rings is 1. The van der Waals surface area contributed by atoms with E-state index in [1.807, 2.05) is 4.90 Å². The van der Waals surface area contributed by atoms with Crippen molar-refractivity contribution in [3.05, 3.63) is 35.4 Å². The highest BCUT2D eigenvalue weighted by Crippen LogP contribution is 2.33. The van der Waals surface area contributed by atoms with Gasteiger partial charge >= 0.3 is 0 Å². The van der Waals surface area contributed by atoms with Crippen molar-refractivity contribution >= 4 is 11.6 Å². The molecule has 6 nitrogen and oxygen atoms in total. The van der Waals surface area contributed by atoms with Gasteiger partial charge in [0, 0.05) is 32.7 Å². The largest absolute Gasteiger partial charge is 0.384 e. The van der Waals surface area contributed by atoms with Gasteiger partial charge in [-0.05, 0) is 38.2 Å². The standard InChI is InChI=1S/C21H29N3O3/c1-16-6-5-7-17(12-16)14-22-19-8-11-26-15-21(19)13-18(23-27-21)20(25)24-9-3-2-4-10-24/h5-7,12,19,22H,2-4,8-11,13-15H2,1H3/t19-,21-/m1/s1. The van der Waals surface area contributed by atoms with Crippen LogP contribution in [-0.2, 0) is 20.9 Å². The number of carbonyl (C=O) groups is 1. The fraction of sp³-hybridized carbons (Fsp3) is 0.619. The lowest BCUT2D eigenvalue weighted by Crippen LogP contribution is -2.57. The van der Waals surface area contributed by atoms with Crippen molar-refractivity contribution in [1.82, 2.24) is 10.2 Å². The molecule has 2 saturated heterocycles. The smallest absolute Gasteiger partial charge is 0.271 e. The zero-order valence-electron chi connectivity index (χ0n) is 16.1. The molecular weight excluding hydrogens is 342 g/mol. The predicted molar refractivity (Wildman–Crippen MR) is 104 cm³/mol. The molecule has 2 fully saturated rings. The lowest BCUT2D eigenvalue weighted by atomic mass is 9.85. The van der Waals surface area contributed by atoms with Crippen LogP contribution in [0.1, 0.15) is 43.2 Å². The van der Waals surface area contributed by atoms with Crippen molar-refractivity contribution < 1.29 is 14.4 Å². The van der Waals surface area contributed by atoms with Crippen LogP contribution in [0, 0.1) is 6.92 Å². The van der Waals surface area contributed by atoms with Gasteiger partial charge in [-0.2, -0.15) is 0 Å². The molecule has 0 aromatic heterocycles. The number of hydrogen-bond acceptors (Lipinski definition) is 5. The van der Waals surface area contributed by atoms with Crippen LogP contribution >= 0.6 is 0 Å². The summed E-state index contributed by atoms with van der Waals surface area (Å²) in [5, 5.41) is 7.85. The van der Waals surface area contributed by atoms with Crippen molar-refractivity contribution in [3.63, 3.8) is 0 Å². The first-order valence-corrected chi connectivity index (χ1v) is 10.1. The van der Waals surface area contributed by atoms with Gasteiger partial charge in [0.2, 0.25) is 0 Å². The second kappa shape index (κ2) is 7.98. The molecule has 3 heterocycles. The zero-order valence-corrected chi connectivity index (χ0v) is 16.1. The third-order valence-electron chi connectivity index (χ3n) is 5.86. The topological polar surface area (TPSA) is 63.2 Å². The summed E-state index contributed by atoms with van der Waals surface area (Å²) in [5.41, 5.74) is 2.49. The molecule has 4 rings (SSSR count). The minimum Gasteiger partial charge on any atom is -0.384 e. The van der Waals surface area contributed by atoms with Gasteiger partial charge in [0.1, 0.15) is 5.71 Å². The van der Waals surface area contributed by atoms with Crippen LogP contribution in [0.4, 0.5) is 0 Å². The van der Waals surface area contributed by atoms with Gasteiger partial charge < -0.3 is 19.8 Å².